The first kappa shape index (κ1) is 13.5. The Morgan fingerprint density at radius 2 is 2.15 bits per heavy atom. The van der Waals surface area contributed by atoms with E-state index >= 15 is 0 Å². The fourth-order valence-electron chi connectivity index (χ4n) is 2.07. The van der Waals surface area contributed by atoms with Gasteiger partial charge in [-0.25, -0.2) is 9.97 Å². The molecule has 1 aromatic carbocycles. The zero-order valence-corrected chi connectivity index (χ0v) is 13.5. The molecule has 0 aliphatic carbocycles. The van der Waals surface area contributed by atoms with E-state index in [0.29, 0.717) is 0 Å². The molecule has 102 valence electrons. The van der Waals surface area contributed by atoms with Crippen LogP contribution in [0, 0.1) is 0 Å². The lowest BCUT2D eigenvalue weighted by Crippen LogP contribution is -2.21. The van der Waals surface area contributed by atoms with Crippen LogP contribution in [-0.4, -0.2) is 23.6 Å². The molecule has 0 unspecified atom stereocenters. The van der Waals surface area contributed by atoms with E-state index in [1.807, 2.05) is 23.7 Å². The highest BCUT2D eigenvalue weighted by atomic mass is 79.9. The summed E-state index contributed by atoms with van der Waals surface area (Å²) in [6.07, 6.45) is 2.80. The van der Waals surface area contributed by atoms with Crippen molar-refractivity contribution in [2.24, 2.45) is 0 Å². The molecule has 0 N–H and O–H groups in total. The Hall–Kier alpha value is -1.46. The lowest BCUT2D eigenvalue weighted by atomic mass is 10.2. The van der Waals surface area contributed by atoms with Crippen molar-refractivity contribution in [2.75, 3.05) is 18.5 Å². The molecule has 0 radical (unpaired) electrons. The van der Waals surface area contributed by atoms with Crippen LogP contribution in [0.25, 0.3) is 10.9 Å². The number of fused-ring (bicyclic) bond motifs is 1. The Labute approximate surface area is 130 Å². The number of pyridine rings is 1. The number of anilines is 1. The summed E-state index contributed by atoms with van der Waals surface area (Å²) < 4.78 is 1.03. The number of likely N-dealkylation sites (N-methyl/N-ethyl adjacent to an activating group) is 1. The molecule has 0 amide bonds. The molecule has 0 bridgehead atoms. The molecule has 0 saturated carbocycles. The van der Waals surface area contributed by atoms with Crippen LogP contribution in [0.2, 0.25) is 0 Å². The van der Waals surface area contributed by atoms with Crippen molar-refractivity contribution < 1.29 is 0 Å². The molecule has 3 aromatic rings. The molecule has 0 fully saturated rings. The van der Waals surface area contributed by atoms with Crippen LogP contribution in [0.5, 0.6) is 0 Å². The van der Waals surface area contributed by atoms with Gasteiger partial charge in [0.1, 0.15) is 5.82 Å². The third-order valence-corrected chi connectivity index (χ3v) is 4.67. The lowest BCUT2D eigenvalue weighted by Gasteiger charge is -2.18. The van der Waals surface area contributed by atoms with E-state index in [1.54, 1.807) is 11.3 Å². The Bertz CT molecular complexity index is 712. The normalized spacial score (nSPS) is 10.9. The van der Waals surface area contributed by atoms with Gasteiger partial charge in [-0.2, -0.15) is 0 Å². The molecule has 2 heterocycles. The monoisotopic (exact) mass is 347 g/mol. The highest BCUT2D eigenvalue weighted by molar-refractivity contribution is 9.10. The fraction of sp³-hybridized carbons (Fsp3) is 0.200. The quantitative estimate of drug-likeness (QED) is 0.710. The minimum atomic E-state index is 0.913. The standard InChI is InChI=1S/C15H14BrN3S/c1-19(9-7-14-17-8-10-20-14)13-6-5-11-3-2-4-12(16)15(11)18-13/h2-6,8,10H,7,9H2,1H3. The Balaban J connectivity index is 1.80. The van der Waals surface area contributed by atoms with Gasteiger partial charge in [-0.3, -0.25) is 0 Å². The van der Waals surface area contributed by atoms with Gasteiger partial charge in [-0.1, -0.05) is 12.1 Å². The van der Waals surface area contributed by atoms with Gasteiger partial charge in [-0.05, 0) is 34.1 Å². The third-order valence-electron chi connectivity index (χ3n) is 3.19. The van der Waals surface area contributed by atoms with E-state index in [-0.39, 0.29) is 0 Å². The van der Waals surface area contributed by atoms with Gasteiger partial charge < -0.3 is 4.90 Å². The predicted octanol–water partition coefficient (Wildman–Crippen LogP) is 4.13. The first-order valence-electron chi connectivity index (χ1n) is 6.39. The van der Waals surface area contributed by atoms with Gasteiger partial charge >= 0.3 is 0 Å². The van der Waals surface area contributed by atoms with E-state index in [2.05, 4.69) is 51.1 Å². The van der Waals surface area contributed by atoms with Crippen LogP contribution in [0.4, 0.5) is 5.82 Å². The van der Waals surface area contributed by atoms with Crippen LogP contribution in [0.3, 0.4) is 0 Å². The average Bonchev–Trinajstić information content (AvgIpc) is 2.98. The molecule has 20 heavy (non-hydrogen) atoms. The summed E-state index contributed by atoms with van der Waals surface area (Å²) in [5.74, 6) is 0.987. The molecule has 2 aromatic heterocycles. The summed E-state index contributed by atoms with van der Waals surface area (Å²) in [5, 5.41) is 4.33. The third kappa shape index (κ3) is 2.83. The number of nitrogens with zero attached hydrogens (tertiary/aromatic N) is 3. The maximum atomic E-state index is 4.74. The fourth-order valence-corrected chi connectivity index (χ4v) is 3.15. The molecule has 3 nitrogen and oxygen atoms in total. The summed E-state index contributed by atoms with van der Waals surface area (Å²) in [6, 6.07) is 10.3. The SMILES string of the molecule is CN(CCc1nccs1)c1ccc2cccc(Br)c2n1. The van der Waals surface area contributed by atoms with Crippen molar-refractivity contribution in [3.05, 3.63) is 51.4 Å². The lowest BCUT2D eigenvalue weighted by molar-refractivity contribution is 0.856. The second-order valence-electron chi connectivity index (χ2n) is 4.58. The van der Waals surface area contributed by atoms with Crippen LogP contribution in [0.1, 0.15) is 5.01 Å². The van der Waals surface area contributed by atoms with Crippen LogP contribution in [-0.2, 0) is 6.42 Å². The number of hydrogen-bond acceptors (Lipinski definition) is 4. The smallest absolute Gasteiger partial charge is 0.129 e. The van der Waals surface area contributed by atoms with Crippen molar-refractivity contribution in [3.8, 4) is 0 Å². The number of halogens is 1. The topological polar surface area (TPSA) is 29.0 Å². The van der Waals surface area contributed by atoms with Crippen molar-refractivity contribution in [1.29, 1.82) is 0 Å². The van der Waals surface area contributed by atoms with E-state index in [1.165, 1.54) is 5.01 Å². The van der Waals surface area contributed by atoms with Gasteiger partial charge in [0.15, 0.2) is 0 Å². The molecule has 0 aliphatic rings. The molecule has 0 atom stereocenters. The maximum Gasteiger partial charge on any atom is 0.129 e. The zero-order chi connectivity index (χ0) is 13.9. The Morgan fingerprint density at radius 3 is 2.95 bits per heavy atom. The number of hydrogen-bond donors (Lipinski definition) is 0. The number of benzene rings is 1. The minimum Gasteiger partial charge on any atom is -0.359 e. The van der Waals surface area contributed by atoms with Crippen molar-refractivity contribution in [1.82, 2.24) is 9.97 Å². The van der Waals surface area contributed by atoms with Gasteiger partial charge in [0.05, 0.1) is 10.5 Å². The van der Waals surface area contributed by atoms with Crippen molar-refractivity contribution in [3.63, 3.8) is 0 Å². The molecular formula is C15H14BrN3S. The van der Waals surface area contributed by atoms with Gasteiger partial charge in [-0.15, -0.1) is 11.3 Å². The second-order valence-corrected chi connectivity index (χ2v) is 6.41. The molecular weight excluding hydrogens is 334 g/mol. The van der Waals surface area contributed by atoms with E-state index in [4.69, 9.17) is 4.98 Å². The molecule has 5 heteroatoms. The summed E-state index contributed by atoms with van der Waals surface area (Å²) in [4.78, 5) is 11.2. The molecule has 0 aliphatic heterocycles. The van der Waals surface area contributed by atoms with E-state index in [0.717, 1.165) is 34.2 Å². The first-order chi connectivity index (χ1) is 9.74. The number of para-hydroxylation sites is 1. The summed E-state index contributed by atoms with van der Waals surface area (Å²) in [6.45, 7) is 0.913. The highest BCUT2D eigenvalue weighted by Crippen LogP contribution is 2.24. The number of aromatic nitrogens is 2. The predicted molar refractivity (Wildman–Crippen MR) is 88.5 cm³/mol. The molecule has 0 spiro atoms. The van der Waals surface area contributed by atoms with Gasteiger partial charge in [0, 0.05) is 41.4 Å². The highest BCUT2D eigenvalue weighted by Gasteiger charge is 2.06. The van der Waals surface area contributed by atoms with E-state index in [9.17, 15) is 0 Å². The summed E-state index contributed by atoms with van der Waals surface area (Å²) in [5.41, 5.74) is 1.01. The second kappa shape index (κ2) is 5.89. The Morgan fingerprint density at radius 1 is 1.25 bits per heavy atom. The summed E-state index contributed by atoms with van der Waals surface area (Å²) >= 11 is 5.26. The summed E-state index contributed by atoms with van der Waals surface area (Å²) in [7, 11) is 2.07. The van der Waals surface area contributed by atoms with E-state index < -0.39 is 0 Å². The van der Waals surface area contributed by atoms with Crippen molar-refractivity contribution in [2.45, 2.75) is 6.42 Å². The average molecular weight is 348 g/mol. The molecule has 0 saturated heterocycles. The number of thiazole rings is 1. The van der Waals surface area contributed by atoms with Crippen molar-refractivity contribution >= 4 is 44.0 Å². The first-order valence-corrected chi connectivity index (χ1v) is 8.06. The Kier molecular flexibility index (Phi) is 3.98. The number of rotatable bonds is 4. The van der Waals surface area contributed by atoms with Crippen LogP contribution < -0.4 is 4.90 Å². The van der Waals surface area contributed by atoms with Crippen LogP contribution >= 0.6 is 27.3 Å². The molecule has 3 rings (SSSR count). The van der Waals surface area contributed by atoms with Gasteiger partial charge in [0.2, 0.25) is 0 Å². The minimum absolute atomic E-state index is 0.913. The maximum absolute atomic E-state index is 4.74. The van der Waals surface area contributed by atoms with Crippen LogP contribution in [0.15, 0.2) is 46.4 Å². The van der Waals surface area contributed by atoms with Gasteiger partial charge in [0.25, 0.3) is 0 Å². The largest absolute Gasteiger partial charge is 0.359 e. The zero-order valence-electron chi connectivity index (χ0n) is 11.1.